The van der Waals surface area contributed by atoms with Crippen molar-refractivity contribution in [3.63, 3.8) is 0 Å². The molecular weight excluding hydrogens is 400 g/mol. The van der Waals surface area contributed by atoms with E-state index in [1.165, 1.54) is 16.4 Å². The van der Waals surface area contributed by atoms with Crippen LogP contribution < -0.4 is 5.32 Å². The van der Waals surface area contributed by atoms with Crippen molar-refractivity contribution in [1.29, 1.82) is 0 Å². The molecule has 0 saturated carbocycles. The van der Waals surface area contributed by atoms with E-state index >= 15 is 0 Å². The van der Waals surface area contributed by atoms with Crippen LogP contribution in [0.2, 0.25) is 5.02 Å². The van der Waals surface area contributed by atoms with Crippen LogP contribution in [0.1, 0.15) is 55.3 Å². The highest BCUT2D eigenvalue weighted by molar-refractivity contribution is 7.89. The summed E-state index contributed by atoms with van der Waals surface area (Å²) >= 11 is 5.94. The third kappa shape index (κ3) is 4.59. The number of rotatable bonds is 6. The lowest BCUT2D eigenvalue weighted by Gasteiger charge is -2.24. The monoisotopic (exact) mass is 424 g/mol. The number of piperidine rings is 1. The number of hydrogen-bond donors (Lipinski definition) is 1. The molecule has 152 valence electrons. The SMILES string of the molecule is CC(C)C(NC(=O)c1ccc(S(=O)(=O)N2CCCCC2)o1)c1ccc(Cl)cc1. The minimum atomic E-state index is -3.70. The average molecular weight is 425 g/mol. The molecule has 1 aliphatic rings. The molecular formula is C20H25ClN2O4S. The van der Waals surface area contributed by atoms with Gasteiger partial charge in [0, 0.05) is 18.1 Å². The number of carbonyl (C=O) groups excluding carboxylic acids is 1. The third-order valence-corrected chi connectivity index (χ3v) is 6.92. The summed E-state index contributed by atoms with van der Waals surface area (Å²) < 4.78 is 32.2. The molecule has 6 nitrogen and oxygen atoms in total. The molecule has 1 aromatic heterocycles. The van der Waals surface area contributed by atoms with Crippen LogP contribution in [0.3, 0.4) is 0 Å². The van der Waals surface area contributed by atoms with Crippen molar-refractivity contribution in [3.05, 3.63) is 52.7 Å². The Labute approximate surface area is 170 Å². The van der Waals surface area contributed by atoms with Crippen LogP contribution in [0.5, 0.6) is 0 Å². The Hall–Kier alpha value is -1.83. The summed E-state index contributed by atoms with van der Waals surface area (Å²) in [7, 11) is -3.70. The zero-order valence-corrected chi connectivity index (χ0v) is 17.6. The van der Waals surface area contributed by atoms with E-state index in [9.17, 15) is 13.2 Å². The van der Waals surface area contributed by atoms with E-state index in [0.29, 0.717) is 18.1 Å². The topological polar surface area (TPSA) is 79.6 Å². The van der Waals surface area contributed by atoms with Crippen molar-refractivity contribution < 1.29 is 17.6 Å². The maximum Gasteiger partial charge on any atom is 0.287 e. The molecule has 0 spiro atoms. The molecule has 0 bridgehead atoms. The summed E-state index contributed by atoms with van der Waals surface area (Å²) in [6.45, 7) is 4.95. The second-order valence-corrected chi connectivity index (χ2v) is 9.64. The van der Waals surface area contributed by atoms with Gasteiger partial charge >= 0.3 is 0 Å². The molecule has 3 rings (SSSR count). The molecule has 8 heteroatoms. The standard InChI is InChI=1S/C20H25ClN2O4S/c1-14(2)19(15-6-8-16(21)9-7-15)22-20(24)17-10-11-18(27-17)28(25,26)23-12-4-3-5-13-23/h6-11,14,19H,3-5,12-13H2,1-2H3,(H,22,24). The number of hydrogen-bond acceptors (Lipinski definition) is 4. The summed E-state index contributed by atoms with van der Waals surface area (Å²) in [6.07, 6.45) is 2.70. The van der Waals surface area contributed by atoms with Gasteiger partial charge in [-0.3, -0.25) is 4.79 Å². The van der Waals surface area contributed by atoms with Gasteiger partial charge in [0.15, 0.2) is 5.76 Å². The second kappa shape index (κ2) is 8.68. The average Bonchev–Trinajstić information content (AvgIpc) is 3.18. The van der Waals surface area contributed by atoms with E-state index in [1.807, 2.05) is 26.0 Å². The van der Waals surface area contributed by atoms with Crippen molar-refractivity contribution >= 4 is 27.5 Å². The van der Waals surface area contributed by atoms with Crippen molar-refractivity contribution in [1.82, 2.24) is 9.62 Å². The van der Waals surface area contributed by atoms with Gasteiger partial charge in [-0.15, -0.1) is 0 Å². The van der Waals surface area contributed by atoms with Crippen LogP contribution in [0.15, 0.2) is 45.9 Å². The molecule has 28 heavy (non-hydrogen) atoms. The number of halogens is 1. The molecule has 1 saturated heterocycles. The summed E-state index contributed by atoms with van der Waals surface area (Å²) in [4.78, 5) is 12.7. The first-order chi connectivity index (χ1) is 13.3. The van der Waals surface area contributed by atoms with Gasteiger partial charge in [0.1, 0.15) is 0 Å². The maximum atomic E-state index is 12.7. The van der Waals surface area contributed by atoms with Gasteiger partial charge < -0.3 is 9.73 Å². The summed E-state index contributed by atoms with van der Waals surface area (Å²) in [6, 6.07) is 9.78. The van der Waals surface area contributed by atoms with Gasteiger partial charge in [-0.25, -0.2) is 8.42 Å². The minimum Gasteiger partial charge on any atom is -0.438 e. The Morgan fingerprint density at radius 1 is 1.07 bits per heavy atom. The lowest BCUT2D eigenvalue weighted by atomic mass is 9.96. The first-order valence-electron chi connectivity index (χ1n) is 9.45. The number of nitrogens with one attached hydrogen (secondary N) is 1. The summed E-state index contributed by atoms with van der Waals surface area (Å²) in [5.41, 5.74) is 0.917. The molecule has 1 aromatic carbocycles. The lowest BCUT2D eigenvalue weighted by molar-refractivity contribution is 0.0891. The maximum absolute atomic E-state index is 12.7. The molecule has 2 heterocycles. The van der Waals surface area contributed by atoms with Gasteiger partial charge in [0.2, 0.25) is 5.09 Å². The van der Waals surface area contributed by atoms with E-state index in [1.54, 1.807) is 12.1 Å². The van der Waals surface area contributed by atoms with Crippen LogP contribution in [-0.4, -0.2) is 31.7 Å². The minimum absolute atomic E-state index is 0.0183. The largest absolute Gasteiger partial charge is 0.438 e. The third-order valence-electron chi connectivity index (χ3n) is 4.90. The molecule has 1 aliphatic heterocycles. The van der Waals surface area contributed by atoms with Crippen LogP contribution >= 0.6 is 11.6 Å². The number of nitrogens with zero attached hydrogens (tertiary/aromatic N) is 1. The Morgan fingerprint density at radius 3 is 2.32 bits per heavy atom. The van der Waals surface area contributed by atoms with Crippen molar-refractivity contribution in [2.75, 3.05) is 13.1 Å². The molecule has 1 fully saturated rings. The quantitative estimate of drug-likeness (QED) is 0.752. The Morgan fingerprint density at radius 2 is 1.71 bits per heavy atom. The molecule has 2 aromatic rings. The van der Waals surface area contributed by atoms with Gasteiger partial charge in [-0.1, -0.05) is 44.0 Å². The second-order valence-electron chi connectivity index (χ2n) is 7.33. The number of sulfonamides is 1. The predicted molar refractivity (Wildman–Crippen MR) is 108 cm³/mol. The molecule has 1 unspecified atom stereocenters. The van der Waals surface area contributed by atoms with E-state index in [0.717, 1.165) is 24.8 Å². The normalized spacial score (nSPS) is 16.9. The number of benzene rings is 1. The van der Waals surface area contributed by atoms with Gasteiger partial charge in [0.05, 0.1) is 6.04 Å². The van der Waals surface area contributed by atoms with Crippen LogP contribution in [0.25, 0.3) is 0 Å². The highest BCUT2D eigenvalue weighted by Crippen LogP contribution is 2.26. The zero-order valence-electron chi connectivity index (χ0n) is 16.0. The van der Waals surface area contributed by atoms with E-state index in [4.69, 9.17) is 16.0 Å². The van der Waals surface area contributed by atoms with Crippen molar-refractivity contribution in [3.8, 4) is 0 Å². The molecule has 1 N–H and O–H groups in total. The first kappa shape index (κ1) is 20.9. The number of carbonyl (C=O) groups is 1. The zero-order chi connectivity index (χ0) is 20.3. The molecule has 1 amide bonds. The van der Waals surface area contributed by atoms with Gasteiger partial charge in [0.25, 0.3) is 15.9 Å². The van der Waals surface area contributed by atoms with Crippen molar-refractivity contribution in [2.24, 2.45) is 5.92 Å². The Kier molecular flexibility index (Phi) is 6.47. The van der Waals surface area contributed by atoms with Crippen molar-refractivity contribution in [2.45, 2.75) is 44.2 Å². The van der Waals surface area contributed by atoms with Gasteiger partial charge in [-0.05, 0) is 48.6 Å². The van der Waals surface area contributed by atoms with Crippen LogP contribution in [0, 0.1) is 5.92 Å². The van der Waals surface area contributed by atoms with E-state index in [-0.39, 0.29) is 22.8 Å². The highest BCUT2D eigenvalue weighted by Gasteiger charge is 2.30. The fourth-order valence-corrected chi connectivity index (χ4v) is 4.89. The number of amides is 1. The molecule has 0 aliphatic carbocycles. The van der Waals surface area contributed by atoms with Gasteiger partial charge in [-0.2, -0.15) is 4.31 Å². The summed E-state index contributed by atoms with van der Waals surface area (Å²) in [5.74, 6) is -0.347. The first-order valence-corrected chi connectivity index (χ1v) is 11.3. The van der Waals surface area contributed by atoms with E-state index < -0.39 is 15.9 Å². The fourth-order valence-electron chi connectivity index (χ4n) is 3.33. The molecule has 0 radical (unpaired) electrons. The Balaban J connectivity index is 1.76. The highest BCUT2D eigenvalue weighted by atomic mass is 35.5. The molecule has 1 atom stereocenters. The van der Waals surface area contributed by atoms with Crippen LogP contribution in [0.4, 0.5) is 0 Å². The smallest absolute Gasteiger partial charge is 0.287 e. The number of furan rings is 1. The Bertz CT molecular complexity index is 916. The lowest BCUT2D eigenvalue weighted by Crippen LogP contribution is -2.35. The van der Waals surface area contributed by atoms with E-state index in [2.05, 4.69) is 5.32 Å². The summed E-state index contributed by atoms with van der Waals surface area (Å²) in [5, 5.41) is 3.36. The fraction of sp³-hybridized carbons (Fsp3) is 0.450. The predicted octanol–water partition coefficient (Wildman–Crippen LogP) is 4.23. The van der Waals surface area contributed by atoms with Crippen LogP contribution in [-0.2, 0) is 10.0 Å².